The van der Waals surface area contributed by atoms with Gasteiger partial charge in [-0.25, -0.2) is 0 Å². The van der Waals surface area contributed by atoms with E-state index in [1.54, 1.807) is 14.2 Å². The van der Waals surface area contributed by atoms with E-state index in [2.05, 4.69) is 5.32 Å². The van der Waals surface area contributed by atoms with E-state index in [1.807, 2.05) is 84.3 Å². The Bertz CT molecular complexity index is 1380. The molecule has 0 aliphatic carbocycles. The summed E-state index contributed by atoms with van der Waals surface area (Å²) in [6, 6.07) is 23.2. The van der Waals surface area contributed by atoms with Crippen molar-refractivity contribution in [1.82, 2.24) is 9.88 Å². The van der Waals surface area contributed by atoms with Crippen molar-refractivity contribution >= 4 is 5.91 Å². The first-order valence-electron chi connectivity index (χ1n) is 11.3. The molecular weight excluding hydrogens is 444 g/mol. The van der Waals surface area contributed by atoms with Crippen molar-refractivity contribution in [3.05, 3.63) is 89.6 Å². The molecule has 0 unspecified atom stereocenters. The summed E-state index contributed by atoms with van der Waals surface area (Å²) in [6.45, 7) is 2.52. The first kappa shape index (κ1) is 22.4. The summed E-state index contributed by atoms with van der Waals surface area (Å²) >= 11 is 0. The number of aromatic nitrogens is 1. The third-order valence-electron chi connectivity index (χ3n) is 6.08. The van der Waals surface area contributed by atoms with Gasteiger partial charge in [-0.2, -0.15) is 0 Å². The number of nitrogens with zero attached hydrogens (tertiary/aromatic N) is 1. The highest BCUT2D eigenvalue weighted by Gasteiger charge is 2.22. The Labute approximate surface area is 203 Å². The fourth-order valence-corrected chi connectivity index (χ4v) is 4.27. The zero-order chi connectivity index (χ0) is 24.4. The second-order valence-corrected chi connectivity index (χ2v) is 8.14. The van der Waals surface area contributed by atoms with Crippen LogP contribution in [0.15, 0.2) is 72.8 Å². The average Bonchev–Trinajstić information content (AvgIpc) is 3.51. The van der Waals surface area contributed by atoms with Crippen molar-refractivity contribution in [1.29, 1.82) is 0 Å². The fourth-order valence-electron chi connectivity index (χ4n) is 4.27. The minimum Gasteiger partial charge on any atom is -0.497 e. The zero-order valence-corrected chi connectivity index (χ0v) is 19.8. The number of nitrogens with one attached hydrogen (secondary N) is 1. The molecule has 0 radical (unpaired) electrons. The summed E-state index contributed by atoms with van der Waals surface area (Å²) in [5.41, 5.74) is 5.01. The molecule has 2 heterocycles. The summed E-state index contributed by atoms with van der Waals surface area (Å²) in [5.74, 6) is 2.58. The molecule has 1 aromatic heterocycles. The lowest BCUT2D eigenvalue weighted by atomic mass is 10.1. The number of benzene rings is 3. The standard InChI is InChI=1S/C28H26N2O5/c1-18-22(28(31)29-16-19-9-12-25-27(13-19)35-17-34-25)15-24(20-7-5-4-6-8-20)30(18)23-11-10-21(32-2)14-26(23)33-3/h4-15H,16-17H2,1-3H3,(H,29,31). The number of methoxy groups -OCH3 is 2. The van der Waals surface area contributed by atoms with Crippen molar-refractivity contribution in [3.63, 3.8) is 0 Å². The Morgan fingerprint density at radius 3 is 2.51 bits per heavy atom. The van der Waals surface area contributed by atoms with E-state index < -0.39 is 0 Å². The van der Waals surface area contributed by atoms with Gasteiger partial charge in [0.2, 0.25) is 6.79 Å². The van der Waals surface area contributed by atoms with Crippen LogP contribution in [0.4, 0.5) is 0 Å². The number of rotatable bonds is 7. The van der Waals surface area contributed by atoms with Crippen molar-refractivity contribution in [2.75, 3.05) is 21.0 Å². The Morgan fingerprint density at radius 1 is 0.943 bits per heavy atom. The number of fused-ring (bicyclic) bond motifs is 1. The molecule has 0 spiro atoms. The zero-order valence-electron chi connectivity index (χ0n) is 19.8. The van der Waals surface area contributed by atoms with Crippen LogP contribution in [0, 0.1) is 6.92 Å². The largest absolute Gasteiger partial charge is 0.497 e. The highest BCUT2D eigenvalue weighted by Crippen LogP contribution is 2.36. The van der Waals surface area contributed by atoms with Crippen LogP contribution in [0.5, 0.6) is 23.0 Å². The van der Waals surface area contributed by atoms with Gasteiger partial charge < -0.3 is 28.8 Å². The van der Waals surface area contributed by atoms with Crippen LogP contribution < -0.4 is 24.3 Å². The van der Waals surface area contributed by atoms with Gasteiger partial charge in [-0.3, -0.25) is 4.79 Å². The van der Waals surface area contributed by atoms with Crippen LogP contribution in [0.2, 0.25) is 0 Å². The molecule has 7 nitrogen and oxygen atoms in total. The van der Waals surface area contributed by atoms with Crippen LogP contribution in [0.1, 0.15) is 21.6 Å². The summed E-state index contributed by atoms with van der Waals surface area (Å²) in [4.78, 5) is 13.3. The van der Waals surface area contributed by atoms with Crippen molar-refractivity contribution in [3.8, 4) is 39.9 Å². The van der Waals surface area contributed by atoms with E-state index in [0.717, 1.165) is 28.2 Å². The third-order valence-corrected chi connectivity index (χ3v) is 6.08. The minimum atomic E-state index is -0.163. The van der Waals surface area contributed by atoms with E-state index in [1.165, 1.54) is 0 Å². The van der Waals surface area contributed by atoms with Crippen LogP contribution in [0.25, 0.3) is 16.9 Å². The SMILES string of the molecule is COc1ccc(-n2c(-c3ccccc3)cc(C(=O)NCc3ccc4c(c3)OCO4)c2C)c(OC)c1. The summed E-state index contributed by atoms with van der Waals surface area (Å²) in [7, 11) is 3.24. The lowest BCUT2D eigenvalue weighted by Crippen LogP contribution is -2.23. The first-order valence-corrected chi connectivity index (χ1v) is 11.3. The number of hydrogen-bond acceptors (Lipinski definition) is 5. The highest BCUT2D eigenvalue weighted by molar-refractivity contribution is 5.97. The van der Waals surface area contributed by atoms with Gasteiger partial charge in [0.15, 0.2) is 11.5 Å². The monoisotopic (exact) mass is 470 g/mol. The number of hydrogen-bond donors (Lipinski definition) is 1. The van der Waals surface area contributed by atoms with Gasteiger partial charge in [0.1, 0.15) is 11.5 Å². The summed E-state index contributed by atoms with van der Waals surface area (Å²) < 4.78 is 23.9. The lowest BCUT2D eigenvalue weighted by molar-refractivity contribution is 0.0950. The maximum absolute atomic E-state index is 13.3. The molecule has 35 heavy (non-hydrogen) atoms. The predicted octanol–water partition coefficient (Wildman–Crippen LogP) is 5.13. The molecule has 1 aliphatic rings. The number of ether oxygens (including phenoxy) is 4. The second-order valence-electron chi connectivity index (χ2n) is 8.14. The number of amides is 1. The second kappa shape index (κ2) is 9.46. The maximum Gasteiger partial charge on any atom is 0.253 e. The summed E-state index contributed by atoms with van der Waals surface area (Å²) in [6.07, 6.45) is 0. The van der Waals surface area contributed by atoms with Gasteiger partial charge in [-0.15, -0.1) is 0 Å². The van der Waals surface area contributed by atoms with Crippen molar-refractivity contribution < 1.29 is 23.7 Å². The summed E-state index contributed by atoms with van der Waals surface area (Å²) in [5, 5.41) is 3.04. The Balaban J connectivity index is 1.51. The number of carbonyl (C=O) groups is 1. The molecule has 0 fully saturated rings. The van der Waals surface area contributed by atoms with Crippen LogP contribution in [0.3, 0.4) is 0 Å². The number of carbonyl (C=O) groups excluding carboxylic acids is 1. The molecule has 0 saturated carbocycles. The van der Waals surface area contributed by atoms with Crippen LogP contribution in [-0.4, -0.2) is 31.5 Å². The minimum absolute atomic E-state index is 0.163. The Hall–Kier alpha value is -4.39. The molecule has 0 bridgehead atoms. The predicted molar refractivity (Wildman–Crippen MR) is 133 cm³/mol. The van der Waals surface area contributed by atoms with Gasteiger partial charge in [-0.1, -0.05) is 36.4 Å². The topological polar surface area (TPSA) is 71.0 Å². The Morgan fingerprint density at radius 2 is 1.74 bits per heavy atom. The molecule has 0 atom stereocenters. The van der Waals surface area contributed by atoms with Gasteiger partial charge >= 0.3 is 0 Å². The molecule has 1 N–H and O–H groups in total. The highest BCUT2D eigenvalue weighted by atomic mass is 16.7. The molecule has 0 saturated heterocycles. The Kier molecular flexibility index (Phi) is 6.06. The van der Waals surface area contributed by atoms with E-state index >= 15 is 0 Å². The van der Waals surface area contributed by atoms with Crippen molar-refractivity contribution in [2.45, 2.75) is 13.5 Å². The molecule has 5 rings (SSSR count). The normalized spacial score (nSPS) is 11.9. The molecule has 1 amide bonds. The molecule has 4 aromatic rings. The van der Waals surface area contributed by atoms with Gasteiger partial charge in [0.25, 0.3) is 5.91 Å². The average molecular weight is 471 g/mol. The van der Waals surface area contributed by atoms with Gasteiger partial charge in [-0.05, 0) is 48.4 Å². The van der Waals surface area contributed by atoms with E-state index in [4.69, 9.17) is 18.9 Å². The fraction of sp³-hybridized carbons (Fsp3) is 0.179. The van der Waals surface area contributed by atoms with Crippen LogP contribution in [-0.2, 0) is 6.54 Å². The van der Waals surface area contributed by atoms with Gasteiger partial charge in [0, 0.05) is 18.3 Å². The van der Waals surface area contributed by atoms with E-state index in [0.29, 0.717) is 35.1 Å². The molecule has 3 aromatic carbocycles. The van der Waals surface area contributed by atoms with Crippen LogP contribution >= 0.6 is 0 Å². The van der Waals surface area contributed by atoms with E-state index in [-0.39, 0.29) is 12.7 Å². The van der Waals surface area contributed by atoms with Crippen molar-refractivity contribution in [2.24, 2.45) is 0 Å². The smallest absolute Gasteiger partial charge is 0.253 e. The lowest BCUT2D eigenvalue weighted by Gasteiger charge is -2.16. The quantitative estimate of drug-likeness (QED) is 0.406. The maximum atomic E-state index is 13.3. The molecule has 7 heteroatoms. The first-order chi connectivity index (χ1) is 17.1. The van der Waals surface area contributed by atoms with Gasteiger partial charge in [0.05, 0.1) is 31.2 Å². The third kappa shape index (κ3) is 4.28. The van der Waals surface area contributed by atoms with E-state index in [9.17, 15) is 4.79 Å². The molecular formula is C28H26N2O5. The molecule has 178 valence electrons. The molecule has 1 aliphatic heterocycles.